The molecule has 0 aromatic heterocycles. The van der Waals surface area contributed by atoms with Gasteiger partial charge in [-0.05, 0) is 24.3 Å². The smallest absolute Gasteiger partial charge is 0.210 e. The highest BCUT2D eigenvalue weighted by atomic mass is 35.6. The summed E-state index contributed by atoms with van der Waals surface area (Å²) < 4.78 is 24.6. The summed E-state index contributed by atoms with van der Waals surface area (Å²) >= 11 is 28.3. The van der Waals surface area contributed by atoms with Crippen LogP contribution < -0.4 is 4.72 Å². The van der Waals surface area contributed by atoms with Crippen LogP contribution in [-0.4, -0.2) is 24.1 Å². The Labute approximate surface area is 137 Å². The van der Waals surface area contributed by atoms with E-state index in [0.29, 0.717) is 5.02 Å². The molecule has 0 radical (unpaired) electrons. The Balaban J connectivity index is 2.63. The topological polar surface area (TPSA) is 46.2 Å². The van der Waals surface area contributed by atoms with Crippen LogP contribution in [0.2, 0.25) is 5.02 Å². The number of nitrogens with one attached hydrogen (secondary N) is 1. The quantitative estimate of drug-likeness (QED) is 0.779. The van der Waals surface area contributed by atoms with Gasteiger partial charge in [-0.15, -0.1) is 11.6 Å². The normalized spacial score (nSPS) is 14.4. The number of alkyl halides is 4. The Morgan fingerprint density at radius 2 is 1.68 bits per heavy atom. The number of rotatable bonds is 5. The zero-order valence-electron chi connectivity index (χ0n) is 9.42. The van der Waals surface area contributed by atoms with Gasteiger partial charge in [0.2, 0.25) is 10.0 Å². The van der Waals surface area contributed by atoms with Gasteiger partial charge in [0.15, 0.2) is 3.79 Å². The lowest BCUT2D eigenvalue weighted by atomic mass is 10.3. The van der Waals surface area contributed by atoms with Crippen molar-refractivity contribution in [3.05, 3.63) is 29.3 Å². The highest BCUT2D eigenvalue weighted by molar-refractivity contribution is 7.89. The SMILES string of the molecule is O=S(=O)(NCC(Cl)CC(Cl)(Cl)Cl)c1ccc(Cl)cc1. The van der Waals surface area contributed by atoms with E-state index in [1.54, 1.807) is 0 Å². The van der Waals surface area contributed by atoms with Crippen LogP contribution in [0.25, 0.3) is 0 Å². The molecule has 1 N–H and O–H groups in total. The van der Waals surface area contributed by atoms with Crippen LogP contribution in [0.15, 0.2) is 29.2 Å². The van der Waals surface area contributed by atoms with E-state index in [0.717, 1.165) is 0 Å². The molecule has 1 aromatic rings. The monoisotopic (exact) mass is 383 g/mol. The molecule has 0 aliphatic rings. The Bertz CT molecular complexity index is 512. The van der Waals surface area contributed by atoms with E-state index in [4.69, 9.17) is 58.0 Å². The Kier molecular flexibility index (Phi) is 6.52. The van der Waals surface area contributed by atoms with E-state index >= 15 is 0 Å². The molecule has 0 heterocycles. The number of halogens is 5. The third kappa shape index (κ3) is 6.71. The molecular weight excluding hydrogens is 375 g/mol. The average molecular weight is 386 g/mol. The van der Waals surface area contributed by atoms with Crippen LogP contribution in [0.1, 0.15) is 6.42 Å². The predicted octanol–water partition coefficient (Wildman–Crippen LogP) is 3.99. The van der Waals surface area contributed by atoms with Crippen LogP contribution in [0.3, 0.4) is 0 Å². The third-order valence-corrected chi connectivity index (χ3v) is 4.53. The van der Waals surface area contributed by atoms with E-state index in [-0.39, 0.29) is 17.9 Å². The summed E-state index contributed by atoms with van der Waals surface area (Å²) in [6, 6.07) is 5.75. The summed E-state index contributed by atoms with van der Waals surface area (Å²) in [5.41, 5.74) is 0. The second-order valence-corrected chi connectivity index (χ2v) is 9.06. The molecule has 1 unspecified atom stereocenters. The first kappa shape index (κ1) is 17.6. The minimum Gasteiger partial charge on any atom is -0.210 e. The van der Waals surface area contributed by atoms with Gasteiger partial charge in [0, 0.05) is 18.0 Å². The highest BCUT2D eigenvalue weighted by Crippen LogP contribution is 2.32. The van der Waals surface area contributed by atoms with Crippen molar-refractivity contribution in [3.63, 3.8) is 0 Å². The van der Waals surface area contributed by atoms with E-state index in [2.05, 4.69) is 4.72 Å². The summed E-state index contributed by atoms with van der Waals surface area (Å²) in [4.78, 5) is 0.0923. The minimum absolute atomic E-state index is 0.0301. The predicted molar refractivity (Wildman–Crippen MR) is 81.2 cm³/mol. The second kappa shape index (κ2) is 7.03. The first-order valence-corrected chi connectivity index (χ1v) is 8.49. The van der Waals surface area contributed by atoms with Gasteiger partial charge in [-0.1, -0.05) is 46.4 Å². The maximum atomic E-state index is 11.9. The third-order valence-electron chi connectivity index (χ3n) is 2.07. The lowest BCUT2D eigenvalue weighted by molar-refractivity contribution is 0.578. The van der Waals surface area contributed by atoms with Crippen LogP contribution in [-0.2, 0) is 10.0 Å². The van der Waals surface area contributed by atoms with Gasteiger partial charge in [-0.25, -0.2) is 13.1 Å². The van der Waals surface area contributed by atoms with Crippen molar-refractivity contribution in [1.82, 2.24) is 4.72 Å². The van der Waals surface area contributed by atoms with Gasteiger partial charge >= 0.3 is 0 Å². The maximum absolute atomic E-state index is 11.9. The Morgan fingerprint density at radius 1 is 1.16 bits per heavy atom. The number of sulfonamides is 1. The molecule has 0 saturated carbocycles. The molecule has 0 bridgehead atoms. The van der Waals surface area contributed by atoms with Gasteiger partial charge < -0.3 is 0 Å². The zero-order valence-corrected chi connectivity index (χ0v) is 14.0. The van der Waals surface area contributed by atoms with Gasteiger partial charge in [0.1, 0.15) is 0 Å². The van der Waals surface area contributed by atoms with Crippen LogP contribution in [0, 0.1) is 0 Å². The summed E-state index contributed by atoms with van der Waals surface area (Å²) in [6.07, 6.45) is 0.0301. The molecule has 0 saturated heterocycles. The Morgan fingerprint density at radius 3 is 2.16 bits per heavy atom. The average Bonchev–Trinajstić information content (AvgIpc) is 2.25. The lowest BCUT2D eigenvalue weighted by Crippen LogP contribution is -2.31. The first-order valence-electron chi connectivity index (χ1n) is 5.06. The van der Waals surface area contributed by atoms with Gasteiger partial charge in [0.05, 0.1) is 10.3 Å². The fourth-order valence-electron chi connectivity index (χ4n) is 1.22. The molecule has 3 nitrogen and oxygen atoms in total. The fraction of sp³-hybridized carbons (Fsp3) is 0.400. The van der Waals surface area contributed by atoms with Crippen molar-refractivity contribution in [2.75, 3.05) is 6.54 Å². The van der Waals surface area contributed by atoms with Crippen molar-refractivity contribution in [2.24, 2.45) is 0 Å². The van der Waals surface area contributed by atoms with Crippen molar-refractivity contribution >= 4 is 68.0 Å². The molecule has 0 fully saturated rings. The molecule has 0 amide bonds. The number of benzene rings is 1. The van der Waals surface area contributed by atoms with Gasteiger partial charge in [-0.3, -0.25) is 0 Å². The lowest BCUT2D eigenvalue weighted by Gasteiger charge is -2.16. The van der Waals surface area contributed by atoms with E-state index in [9.17, 15) is 8.42 Å². The highest BCUT2D eigenvalue weighted by Gasteiger charge is 2.25. The molecule has 0 spiro atoms. The van der Waals surface area contributed by atoms with E-state index < -0.39 is 19.2 Å². The molecule has 1 rings (SSSR count). The summed E-state index contributed by atoms with van der Waals surface area (Å²) in [5, 5.41) is -0.181. The fourth-order valence-corrected chi connectivity index (χ4v) is 3.62. The summed E-state index contributed by atoms with van der Waals surface area (Å²) in [5.74, 6) is 0. The van der Waals surface area contributed by atoms with Crippen LogP contribution in [0.4, 0.5) is 0 Å². The van der Waals surface area contributed by atoms with Crippen LogP contribution in [0.5, 0.6) is 0 Å². The van der Waals surface area contributed by atoms with E-state index in [1.165, 1.54) is 24.3 Å². The van der Waals surface area contributed by atoms with Gasteiger partial charge in [-0.2, -0.15) is 0 Å². The molecule has 1 aromatic carbocycles. The molecule has 19 heavy (non-hydrogen) atoms. The van der Waals surface area contributed by atoms with E-state index in [1.807, 2.05) is 0 Å². The van der Waals surface area contributed by atoms with Crippen LogP contribution >= 0.6 is 58.0 Å². The van der Waals surface area contributed by atoms with Crippen molar-refractivity contribution in [2.45, 2.75) is 20.5 Å². The van der Waals surface area contributed by atoms with Crippen molar-refractivity contribution in [1.29, 1.82) is 0 Å². The van der Waals surface area contributed by atoms with Gasteiger partial charge in [0.25, 0.3) is 0 Å². The number of hydrogen-bond donors (Lipinski definition) is 1. The zero-order chi connectivity index (χ0) is 14.7. The van der Waals surface area contributed by atoms with Crippen molar-refractivity contribution in [3.8, 4) is 0 Å². The first-order chi connectivity index (χ1) is 8.60. The summed E-state index contributed by atoms with van der Waals surface area (Å²) in [7, 11) is -3.65. The molecule has 0 aliphatic carbocycles. The maximum Gasteiger partial charge on any atom is 0.240 e. The second-order valence-electron chi connectivity index (χ2n) is 3.72. The largest absolute Gasteiger partial charge is 0.240 e. The standard InChI is InChI=1S/C10H10Cl5NO2S/c11-7-1-3-9(4-2-7)19(17,18)16-6-8(12)5-10(13,14)15/h1-4,8,16H,5-6H2. The minimum atomic E-state index is -3.65. The Hall–Kier alpha value is 0.580. The molecular formula is C10H10Cl5NO2S. The molecule has 1 atom stereocenters. The summed E-state index contributed by atoms with van der Waals surface area (Å²) in [6.45, 7) is -0.0412. The van der Waals surface area contributed by atoms with Crippen molar-refractivity contribution < 1.29 is 8.42 Å². The molecule has 0 aliphatic heterocycles. The molecule has 108 valence electrons. The molecule has 9 heteroatoms. The number of hydrogen-bond acceptors (Lipinski definition) is 2.